The molecule has 81 heavy (non-hydrogen) atoms. The molecule has 1 aliphatic rings. The molecule has 0 spiro atoms. The summed E-state index contributed by atoms with van der Waals surface area (Å²) in [7, 11) is 0. The molecular weight excluding hydrogens is 991 g/mol. The van der Waals surface area contributed by atoms with E-state index in [0.29, 0.717) is 22.5 Å². The third kappa shape index (κ3) is 8.55. The lowest BCUT2D eigenvalue weighted by Gasteiger charge is -2.38. The van der Waals surface area contributed by atoms with Crippen LogP contribution in [0.25, 0.3) is 88.3 Å². The molecule has 0 bridgehead atoms. The normalized spacial score (nSPS) is 12.3. The molecule has 14 rings (SSSR count). The first-order valence-electron chi connectivity index (χ1n) is 27.6. The Morgan fingerprint density at radius 3 is 1.17 bits per heavy atom. The van der Waals surface area contributed by atoms with Crippen LogP contribution in [0.5, 0.6) is 0 Å². The summed E-state index contributed by atoms with van der Waals surface area (Å²) in [6, 6.07) is 99.1. The number of hydrogen-bond acceptors (Lipinski definition) is 2. The number of anilines is 6. The number of halogens is 2. The third-order valence-corrected chi connectivity index (χ3v) is 16.3. The van der Waals surface area contributed by atoms with Gasteiger partial charge in [-0.2, -0.15) is 0 Å². The highest BCUT2D eigenvalue weighted by atomic mass is 19.1. The Bertz CT molecular complexity index is 4470. The van der Waals surface area contributed by atoms with Crippen LogP contribution in [0, 0.1) is 11.6 Å². The maximum atomic E-state index is 17.9. The Kier molecular flexibility index (Phi) is 12.3. The van der Waals surface area contributed by atoms with E-state index in [1.165, 1.54) is 10.9 Å². The van der Waals surface area contributed by atoms with Crippen molar-refractivity contribution in [2.45, 2.75) is 19.3 Å². The molecule has 386 valence electrons. The predicted octanol–water partition coefficient (Wildman–Crippen LogP) is 21.9. The first-order valence-corrected chi connectivity index (χ1v) is 27.6. The molecule has 0 fully saturated rings. The monoisotopic (exact) mass is 1040 g/mol. The minimum Gasteiger partial charge on any atom is -0.308 e. The van der Waals surface area contributed by atoms with Crippen molar-refractivity contribution in [3.8, 4) is 66.8 Å². The predicted molar refractivity (Wildman–Crippen MR) is 335 cm³/mol. The SMILES string of the molecule is CC1(C)c2cc(N(c3ccccc3)c3cc(-c4ccccc4)cc(-c4ccccc4)c3F)ccc2-c2c(-c3ccccc3)c3ccc(N(c4ccccc4)c4cc(-c5ccccc5)cc(-c5ccccc5)c4F)cc3c3cccc1c23. The van der Waals surface area contributed by atoms with Crippen LogP contribution in [-0.2, 0) is 5.41 Å². The van der Waals surface area contributed by atoms with Crippen LogP contribution in [0.2, 0.25) is 0 Å². The van der Waals surface area contributed by atoms with Crippen LogP contribution in [0.4, 0.5) is 42.9 Å². The van der Waals surface area contributed by atoms with Crippen molar-refractivity contribution in [2.75, 3.05) is 9.80 Å². The summed E-state index contributed by atoms with van der Waals surface area (Å²) < 4.78 is 35.8. The fourth-order valence-corrected chi connectivity index (χ4v) is 12.5. The van der Waals surface area contributed by atoms with Crippen LogP contribution in [0.1, 0.15) is 25.0 Å². The molecule has 1 aliphatic carbocycles. The molecule has 0 N–H and O–H groups in total. The van der Waals surface area contributed by atoms with Crippen molar-refractivity contribution in [3.05, 3.63) is 314 Å². The average Bonchev–Trinajstić information content (AvgIpc) is 3.56. The van der Waals surface area contributed by atoms with E-state index in [0.717, 1.165) is 100 Å². The highest BCUT2D eigenvalue weighted by Crippen LogP contribution is 2.57. The Hall–Kier alpha value is -10.2. The van der Waals surface area contributed by atoms with E-state index in [1.54, 1.807) is 0 Å². The maximum absolute atomic E-state index is 17.9. The molecule has 13 aromatic rings. The van der Waals surface area contributed by atoms with E-state index < -0.39 is 5.41 Å². The molecule has 13 aromatic carbocycles. The van der Waals surface area contributed by atoms with Gasteiger partial charge in [0.1, 0.15) is 0 Å². The van der Waals surface area contributed by atoms with Gasteiger partial charge in [-0.25, -0.2) is 8.78 Å². The smallest absolute Gasteiger partial charge is 0.155 e. The lowest BCUT2D eigenvalue weighted by Crippen LogP contribution is -2.25. The molecule has 0 saturated carbocycles. The van der Waals surface area contributed by atoms with E-state index in [2.05, 4.69) is 157 Å². The molecule has 0 atom stereocenters. The zero-order valence-corrected chi connectivity index (χ0v) is 44.9. The van der Waals surface area contributed by atoms with Crippen molar-refractivity contribution in [3.63, 3.8) is 0 Å². The molecular formula is C77H54F2N2. The molecule has 2 nitrogen and oxygen atoms in total. The minimum absolute atomic E-state index is 0.303. The van der Waals surface area contributed by atoms with Gasteiger partial charge in [0.15, 0.2) is 11.6 Å². The van der Waals surface area contributed by atoms with Gasteiger partial charge in [0.2, 0.25) is 0 Å². The van der Waals surface area contributed by atoms with E-state index in [4.69, 9.17) is 0 Å². The van der Waals surface area contributed by atoms with Gasteiger partial charge in [-0.3, -0.25) is 0 Å². The topological polar surface area (TPSA) is 6.48 Å². The highest BCUT2D eigenvalue weighted by molar-refractivity contribution is 6.24. The number of para-hydroxylation sites is 2. The first kappa shape index (κ1) is 49.2. The Morgan fingerprint density at radius 1 is 0.272 bits per heavy atom. The van der Waals surface area contributed by atoms with Crippen LogP contribution < -0.4 is 9.80 Å². The quantitative estimate of drug-likeness (QED) is 0.119. The van der Waals surface area contributed by atoms with Gasteiger partial charge < -0.3 is 9.80 Å². The molecule has 0 radical (unpaired) electrons. The molecule has 0 unspecified atom stereocenters. The number of nitrogens with zero attached hydrogens (tertiary/aromatic N) is 2. The average molecular weight is 1050 g/mol. The third-order valence-electron chi connectivity index (χ3n) is 16.3. The molecule has 0 heterocycles. The zero-order valence-electron chi connectivity index (χ0n) is 44.9. The van der Waals surface area contributed by atoms with Gasteiger partial charge in [-0.05, 0) is 161 Å². The summed E-state index contributed by atoms with van der Waals surface area (Å²) in [4.78, 5) is 4.16. The zero-order chi connectivity index (χ0) is 54.6. The maximum Gasteiger partial charge on any atom is 0.155 e. The number of fused-ring (bicyclic) bond motifs is 4. The molecule has 0 amide bonds. The van der Waals surface area contributed by atoms with Crippen molar-refractivity contribution in [2.24, 2.45) is 0 Å². The Morgan fingerprint density at radius 2 is 0.691 bits per heavy atom. The minimum atomic E-state index is -0.524. The van der Waals surface area contributed by atoms with Gasteiger partial charge in [0.25, 0.3) is 0 Å². The van der Waals surface area contributed by atoms with Gasteiger partial charge in [-0.1, -0.05) is 232 Å². The van der Waals surface area contributed by atoms with Gasteiger partial charge in [0.05, 0.1) is 11.4 Å². The second-order valence-corrected chi connectivity index (χ2v) is 21.4. The number of benzene rings is 13. The fraction of sp³-hybridized carbons (Fsp3) is 0.0390. The second-order valence-electron chi connectivity index (χ2n) is 21.4. The second kappa shape index (κ2) is 20.3. The number of hydrogen-bond donors (Lipinski definition) is 0. The van der Waals surface area contributed by atoms with E-state index >= 15 is 8.78 Å². The fourth-order valence-electron chi connectivity index (χ4n) is 12.5. The molecule has 4 heteroatoms. The van der Waals surface area contributed by atoms with Gasteiger partial charge in [-0.15, -0.1) is 0 Å². The summed E-state index contributed by atoms with van der Waals surface area (Å²) in [5.41, 5.74) is 17.0. The standard InChI is InChI=1S/C77H54F2N2/c1-77(2)68-40-24-39-62-67-49-60(80(58-35-20-8-21-36-58)70-47-56(51-25-10-3-11-26-51)45-65(75(70)78)53-29-14-5-15-30-53)41-43-63(67)72(55-33-18-7-19-34-55)74(73(62)68)64-44-42-61(50-69(64)77)81(59-37-22-9-23-38-59)71-48-57(52-27-12-4-13-28-52)46-66(76(71)79)54-31-16-6-17-32-54/h3-50H,1-2H3. The summed E-state index contributed by atoms with van der Waals surface area (Å²) in [6.45, 7) is 4.63. The van der Waals surface area contributed by atoms with Crippen LogP contribution in [-0.4, -0.2) is 0 Å². The molecule has 0 aromatic heterocycles. The summed E-state index contributed by atoms with van der Waals surface area (Å²) >= 11 is 0. The summed E-state index contributed by atoms with van der Waals surface area (Å²) in [6.07, 6.45) is 0. The summed E-state index contributed by atoms with van der Waals surface area (Å²) in [5, 5.41) is 4.42. The van der Waals surface area contributed by atoms with Crippen molar-refractivity contribution in [1.82, 2.24) is 0 Å². The van der Waals surface area contributed by atoms with Crippen LogP contribution >= 0.6 is 0 Å². The van der Waals surface area contributed by atoms with E-state index in [-0.39, 0.29) is 11.6 Å². The Balaban J connectivity index is 1.00. The Labute approximate surface area is 471 Å². The highest BCUT2D eigenvalue weighted by Gasteiger charge is 2.37. The first-order chi connectivity index (χ1) is 39.8. The van der Waals surface area contributed by atoms with E-state index in [9.17, 15) is 0 Å². The molecule has 0 aliphatic heterocycles. The molecule has 0 saturated heterocycles. The number of rotatable bonds is 11. The summed E-state index contributed by atoms with van der Waals surface area (Å²) in [5.74, 6) is -0.610. The van der Waals surface area contributed by atoms with Crippen molar-refractivity contribution >= 4 is 55.7 Å². The lowest BCUT2D eigenvalue weighted by atomic mass is 9.66. The van der Waals surface area contributed by atoms with Crippen molar-refractivity contribution < 1.29 is 8.78 Å². The van der Waals surface area contributed by atoms with Crippen molar-refractivity contribution in [1.29, 1.82) is 0 Å². The largest absolute Gasteiger partial charge is 0.308 e. The lowest BCUT2D eigenvalue weighted by molar-refractivity contribution is 0.632. The van der Waals surface area contributed by atoms with Gasteiger partial charge in [0, 0.05) is 39.3 Å². The van der Waals surface area contributed by atoms with Crippen LogP contribution in [0.3, 0.4) is 0 Å². The van der Waals surface area contributed by atoms with Crippen LogP contribution in [0.15, 0.2) is 291 Å². The van der Waals surface area contributed by atoms with E-state index in [1.807, 2.05) is 158 Å². The van der Waals surface area contributed by atoms with Gasteiger partial charge >= 0.3 is 0 Å².